The Labute approximate surface area is 103 Å². The van der Waals surface area contributed by atoms with E-state index in [1.807, 2.05) is 24.3 Å². The van der Waals surface area contributed by atoms with E-state index in [-0.39, 0.29) is 11.9 Å². The molecule has 1 aromatic rings. The Morgan fingerprint density at radius 1 is 1.38 bits per heavy atom. The maximum atomic E-state index is 11.4. The zero-order valence-corrected chi connectivity index (χ0v) is 10.2. The second-order valence-electron chi connectivity index (χ2n) is 3.63. The van der Waals surface area contributed by atoms with Gasteiger partial charge in [0.1, 0.15) is 0 Å². The number of amides is 1. The number of nitrogens with one attached hydrogen (secondary N) is 1. The molecule has 0 aliphatic carbocycles. The Bertz CT molecular complexity index is 396. The first-order valence-corrected chi connectivity index (χ1v) is 5.85. The van der Waals surface area contributed by atoms with Gasteiger partial charge in [0.05, 0.1) is 19.3 Å². The Balaban J connectivity index is 1.87. The molecule has 3 nitrogen and oxygen atoms in total. The lowest BCUT2D eigenvalue weighted by Gasteiger charge is -2.26. The number of halogens is 1. The van der Waals surface area contributed by atoms with E-state index in [9.17, 15) is 4.79 Å². The molecule has 1 aromatic carbocycles. The maximum absolute atomic E-state index is 11.4. The summed E-state index contributed by atoms with van der Waals surface area (Å²) in [5, 5.41) is 2.84. The van der Waals surface area contributed by atoms with E-state index in [4.69, 9.17) is 4.74 Å². The summed E-state index contributed by atoms with van der Waals surface area (Å²) in [6, 6.07) is 7.96. The van der Waals surface area contributed by atoms with Gasteiger partial charge in [-0.05, 0) is 23.8 Å². The fraction of sp³-hybridized carbons (Fsp3) is 0.250. The predicted molar refractivity (Wildman–Crippen MR) is 65.9 cm³/mol. The molecule has 1 aliphatic heterocycles. The van der Waals surface area contributed by atoms with E-state index in [0.717, 1.165) is 10.0 Å². The molecule has 1 aliphatic rings. The van der Waals surface area contributed by atoms with Crippen molar-refractivity contribution in [3.63, 3.8) is 0 Å². The first-order chi connectivity index (χ1) is 7.74. The van der Waals surface area contributed by atoms with Crippen LogP contribution >= 0.6 is 15.9 Å². The molecule has 0 aromatic heterocycles. The third-order valence-electron chi connectivity index (χ3n) is 2.28. The minimum atomic E-state index is -0.0729. The quantitative estimate of drug-likeness (QED) is 0.861. The van der Waals surface area contributed by atoms with Gasteiger partial charge in [0, 0.05) is 10.5 Å². The van der Waals surface area contributed by atoms with Gasteiger partial charge >= 0.3 is 0 Å². The normalized spacial score (nSPS) is 16.1. The van der Waals surface area contributed by atoms with Gasteiger partial charge in [-0.3, -0.25) is 4.79 Å². The lowest BCUT2D eigenvalue weighted by atomic mass is 10.2. The Hall–Kier alpha value is -1.13. The number of ether oxygens (including phenoxy) is 1. The maximum Gasteiger partial charge on any atom is 0.244 e. The smallest absolute Gasteiger partial charge is 0.244 e. The van der Waals surface area contributed by atoms with Gasteiger partial charge in [0.15, 0.2) is 0 Å². The van der Waals surface area contributed by atoms with Crippen molar-refractivity contribution in [2.75, 3.05) is 13.2 Å². The summed E-state index contributed by atoms with van der Waals surface area (Å²) in [5.74, 6) is -0.0729. The standard InChI is InChI=1S/C12H12BrNO2/c13-10-4-1-9(2-5-10)3-6-12(15)14-11-7-16-8-11/h1-6,11H,7-8H2,(H,14,15). The van der Waals surface area contributed by atoms with Crippen LogP contribution in [0, 0.1) is 0 Å². The Kier molecular flexibility index (Phi) is 3.74. The molecule has 84 valence electrons. The van der Waals surface area contributed by atoms with Gasteiger partial charge in [-0.1, -0.05) is 28.1 Å². The van der Waals surface area contributed by atoms with Gasteiger partial charge < -0.3 is 10.1 Å². The highest BCUT2D eigenvalue weighted by Gasteiger charge is 2.18. The van der Waals surface area contributed by atoms with Crippen LogP contribution in [0.5, 0.6) is 0 Å². The second-order valence-corrected chi connectivity index (χ2v) is 4.54. The fourth-order valence-corrected chi connectivity index (χ4v) is 1.58. The number of hydrogen-bond acceptors (Lipinski definition) is 2. The van der Waals surface area contributed by atoms with E-state index in [2.05, 4.69) is 21.2 Å². The summed E-state index contributed by atoms with van der Waals surface area (Å²) >= 11 is 3.36. The summed E-state index contributed by atoms with van der Waals surface area (Å²) in [5.41, 5.74) is 1.00. The molecule has 1 saturated heterocycles. The summed E-state index contributed by atoms with van der Waals surface area (Å²) in [6.45, 7) is 1.25. The number of rotatable bonds is 3. The summed E-state index contributed by atoms with van der Waals surface area (Å²) < 4.78 is 6.00. The third kappa shape index (κ3) is 3.18. The molecule has 0 bridgehead atoms. The molecular formula is C12H12BrNO2. The molecule has 1 amide bonds. The number of benzene rings is 1. The highest BCUT2D eigenvalue weighted by molar-refractivity contribution is 9.10. The van der Waals surface area contributed by atoms with E-state index in [1.165, 1.54) is 0 Å². The molecule has 2 rings (SSSR count). The molecule has 1 heterocycles. The van der Waals surface area contributed by atoms with E-state index in [0.29, 0.717) is 13.2 Å². The van der Waals surface area contributed by atoms with Crippen molar-refractivity contribution in [3.05, 3.63) is 40.4 Å². The summed E-state index contributed by atoms with van der Waals surface area (Å²) in [7, 11) is 0. The summed E-state index contributed by atoms with van der Waals surface area (Å²) in [6.07, 6.45) is 3.34. The summed E-state index contributed by atoms with van der Waals surface area (Å²) in [4.78, 5) is 11.4. The van der Waals surface area contributed by atoms with Crippen molar-refractivity contribution in [2.45, 2.75) is 6.04 Å². The predicted octanol–water partition coefficient (Wildman–Crippen LogP) is 1.98. The van der Waals surface area contributed by atoms with Crippen LogP contribution in [0.15, 0.2) is 34.8 Å². The van der Waals surface area contributed by atoms with Crippen molar-refractivity contribution >= 4 is 27.9 Å². The van der Waals surface area contributed by atoms with E-state index < -0.39 is 0 Å². The van der Waals surface area contributed by atoms with Crippen LogP contribution in [0.1, 0.15) is 5.56 Å². The molecule has 0 atom stereocenters. The Morgan fingerprint density at radius 2 is 2.06 bits per heavy atom. The molecule has 1 N–H and O–H groups in total. The third-order valence-corrected chi connectivity index (χ3v) is 2.81. The fourth-order valence-electron chi connectivity index (χ4n) is 1.31. The van der Waals surface area contributed by atoms with Gasteiger partial charge in [0.2, 0.25) is 5.91 Å². The van der Waals surface area contributed by atoms with Crippen molar-refractivity contribution in [1.29, 1.82) is 0 Å². The van der Waals surface area contributed by atoms with E-state index >= 15 is 0 Å². The molecule has 0 spiro atoms. The van der Waals surface area contributed by atoms with Gasteiger partial charge in [-0.2, -0.15) is 0 Å². The monoisotopic (exact) mass is 281 g/mol. The van der Waals surface area contributed by atoms with Crippen molar-refractivity contribution in [3.8, 4) is 0 Å². The molecule has 16 heavy (non-hydrogen) atoms. The van der Waals surface area contributed by atoms with Crippen LogP contribution in [-0.4, -0.2) is 25.2 Å². The average molecular weight is 282 g/mol. The van der Waals surface area contributed by atoms with Gasteiger partial charge in [0.25, 0.3) is 0 Å². The SMILES string of the molecule is O=C(C=Cc1ccc(Br)cc1)NC1COC1. The lowest BCUT2D eigenvalue weighted by Crippen LogP contribution is -2.48. The van der Waals surface area contributed by atoms with Crippen LogP contribution in [-0.2, 0) is 9.53 Å². The first kappa shape index (κ1) is 11.4. The number of carbonyl (C=O) groups excluding carboxylic acids is 1. The van der Waals surface area contributed by atoms with Crippen molar-refractivity contribution in [2.24, 2.45) is 0 Å². The zero-order chi connectivity index (χ0) is 11.4. The molecule has 0 radical (unpaired) electrons. The van der Waals surface area contributed by atoms with Crippen molar-refractivity contribution in [1.82, 2.24) is 5.32 Å². The molecule has 0 unspecified atom stereocenters. The van der Waals surface area contributed by atoms with Gasteiger partial charge in [-0.25, -0.2) is 0 Å². The lowest BCUT2D eigenvalue weighted by molar-refractivity contribution is -0.120. The van der Waals surface area contributed by atoms with Crippen LogP contribution in [0.2, 0.25) is 0 Å². The van der Waals surface area contributed by atoms with Crippen molar-refractivity contribution < 1.29 is 9.53 Å². The number of carbonyl (C=O) groups is 1. The highest BCUT2D eigenvalue weighted by atomic mass is 79.9. The molecule has 1 fully saturated rings. The molecular weight excluding hydrogens is 270 g/mol. The minimum Gasteiger partial charge on any atom is -0.377 e. The second kappa shape index (κ2) is 5.27. The minimum absolute atomic E-state index is 0.0729. The average Bonchev–Trinajstić information content (AvgIpc) is 2.23. The Morgan fingerprint density at radius 3 is 2.62 bits per heavy atom. The van der Waals surface area contributed by atoms with Crippen LogP contribution in [0.25, 0.3) is 6.08 Å². The topological polar surface area (TPSA) is 38.3 Å². The first-order valence-electron chi connectivity index (χ1n) is 5.06. The van der Waals surface area contributed by atoms with Gasteiger partial charge in [-0.15, -0.1) is 0 Å². The number of hydrogen-bond donors (Lipinski definition) is 1. The molecule has 0 saturated carbocycles. The van der Waals surface area contributed by atoms with E-state index in [1.54, 1.807) is 12.2 Å². The van der Waals surface area contributed by atoms with Crippen LogP contribution in [0.4, 0.5) is 0 Å². The van der Waals surface area contributed by atoms with Crippen LogP contribution in [0.3, 0.4) is 0 Å². The zero-order valence-electron chi connectivity index (χ0n) is 8.65. The largest absolute Gasteiger partial charge is 0.377 e. The van der Waals surface area contributed by atoms with Crippen LogP contribution < -0.4 is 5.32 Å². The highest BCUT2D eigenvalue weighted by Crippen LogP contribution is 2.11. The molecule has 4 heteroatoms.